The van der Waals surface area contributed by atoms with Gasteiger partial charge in [-0.2, -0.15) is 5.10 Å². The molecule has 0 spiro atoms. The van der Waals surface area contributed by atoms with Crippen LogP contribution < -0.4 is 5.32 Å². The maximum absolute atomic E-state index is 14.9. The lowest BCUT2D eigenvalue weighted by Gasteiger charge is -2.39. The molecule has 0 atom stereocenters. The van der Waals surface area contributed by atoms with Crippen LogP contribution in [-0.2, 0) is 16.1 Å². The molecule has 4 heterocycles. The molecule has 3 aromatic heterocycles. The summed E-state index contributed by atoms with van der Waals surface area (Å²) in [6.07, 6.45) is 1.71. The molecule has 0 radical (unpaired) electrons. The van der Waals surface area contributed by atoms with Crippen molar-refractivity contribution in [3.63, 3.8) is 0 Å². The number of nitrogens with zero attached hydrogens (tertiary/aromatic N) is 6. The van der Waals surface area contributed by atoms with Crippen molar-refractivity contribution in [2.24, 2.45) is 0 Å². The van der Waals surface area contributed by atoms with E-state index in [-0.39, 0.29) is 49.8 Å². The number of carboxylic acid groups (broad SMARTS) is 1. The molecule has 0 unspecified atom stereocenters. The Morgan fingerprint density at radius 3 is 2.50 bits per heavy atom. The molecule has 0 bridgehead atoms. The van der Waals surface area contributed by atoms with Crippen LogP contribution >= 0.6 is 0 Å². The topological polar surface area (TPSA) is 148 Å². The van der Waals surface area contributed by atoms with E-state index in [1.807, 2.05) is 0 Å². The van der Waals surface area contributed by atoms with Crippen LogP contribution in [0.4, 0.5) is 19.4 Å². The molecule has 1 aromatic carbocycles. The molecule has 220 valence electrons. The van der Waals surface area contributed by atoms with Gasteiger partial charge in [0.15, 0.2) is 17.5 Å². The van der Waals surface area contributed by atoms with Crippen molar-refractivity contribution < 1.29 is 32.7 Å². The predicted octanol–water partition coefficient (Wildman–Crippen LogP) is 4.59. The van der Waals surface area contributed by atoms with Gasteiger partial charge < -0.3 is 24.6 Å². The van der Waals surface area contributed by atoms with E-state index in [1.54, 1.807) is 51.1 Å². The number of anilines is 1. The van der Waals surface area contributed by atoms with E-state index in [2.05, 4.69) is 25.5 Å². The molecule has 4 aromatic rings. The highest BCUT2D eigenvalue weighted by molar-refractivity contribution is 5.83. The number of aliphatic carboxylic acids is 1. The summed E-state index contributed by atoms with van der Waals surface area (Å²) < 4.78 is 41.2. The number of carbonyl (C=O) groups excluding carboxylic acids is 1. The van der Waals surface area contributed by atoms with E-state index in [9.17, 15) is 23.5 Å². The van der Waals surface area contributed by atoms with Crippen LogP contribution in [-0.4, -0.2) is 71.2 Å². The van der Waals surface area contributed by atoms with Gasteiger partial charge in [0.05, 0.1) is 18.4 Å². The van der Waals surface area contributed by atoms with Crippen LogP contribution in [0.25, 0.3) is 22.9 Å². The van der Waals surface area contributed by atoms with Crippen LogP contribution in [0.3, 0.4) is 0 Å². The number of ether oxygens (including phenoxy) is 1. The molecule has 1 fully saturated rings. The first-order valence-corrected chi connectivity index (χ1v) is 13.2. The Kier molecular flexibility index (Phi) is 7.63. The molecule has 14 heteroatoms. The number of benzene rings is 1. The quantitative estimate of drug-likeness (QED) is 0.317. The fraction of sp³-hybridized carbons (Fsp3) is 0.357. The summed E-state index contributed by atoms with van der Waals surface area (Å²) in [4.78, 5) is 34.6. The highest BCUT2D eigenvalue weighted by Gasteiger charge is 2.44. The van der Waals surface area contributed by atoms with E-state index in [4.69, 9.17) is 9.26 Å². The molecule has 0 aliphatic carbocycles. The number of hydrogen-bond donors (Lipinski definition) is 2. The number of likely N-dealkylation sites (tertiary alicyclic amines) is 1. The molecule has 5 rings (SSSR count). The van der Waals surface area contributed by atoms with Crippen LogP contribution in [0.1, 0.15) is 39.2 Å². The average Bonchev–Trinajstić information content (AvgIpc) is 3.61. The number of rotatable bonds is 7. The van der Waals surface area contributed by atoms with Crippen molar-refractivity contribution in [1.82, 2.24) is 29.8 Å². The summed E-state index contributed by atoms with van der Waals surface area (Å²) in [5, 5.41) is 21.4. The molecule has 0 saturated carbocycles. The van der Waals surface area contributed by atoms with Gasteiger partial charge in [0.2, 0.25) is 0 Å². The zero-order valence-electron chi connectivity index (χ0n) is 23.2. The van der Waals surface area contributed by atoms with E-state index >= 15 is 0 Å². The Labute approximate surface area is 239 Å². The third-order valence-corrected chi connectivity index (χ3v) is 6.77. The molecule has 1 aliphatic rings. The van der Waals surface area contributed by atoms with Crippen molar-refractivity contribution >= 4 is 17.9 Å². The Morgan fingerprint density at radius 1 is 1.12 bits per heavy atom. The van der Waals surface area contributed by atoms with Gasteiger partial charge in [0.1, 0.15) is 34.6 Å². The number of amides is 1. The van der Waals surface area contributed by atoms with Gasteiger partial charge in [-0.1, -0.05) is 23.4 Å². The van der Waals surface area contributed by atoms with Crippen molar-refractivity contribution in [1.29, 1.82) is 0 Å². The number of nitrogens with one attached hydrogen (secondary N) is 1. The Hall–Kier alpha value is -4.88. The van der Waals surface area contributed by atoms with Crippen molar-refractivity contribution in [2.75, 3.05) is 18.4 Å². The van der Waals surface area contributed by atoms with Gasteiger partial charge in [-0.25, -0.2) is 28.3 Å². The van der Waals surface area contributed by atoms with Crippen molar-refractivity contribution in [3.8, 4) is 22.9 Å². The largest absolute Gasteiger partial charge is 0.480 e. The standard InChI is InChI=1S/C28H29F2N7O5/c1-27(2,3)42-26(40)36-11-9-28(10-12-36,25(38)39)33-23-19(30)15-31-24(32-23)21-14-22(20-8-13-41-35-20)37(34-21)16-17-6-4-5-7-18(17)29/h4-8,13-15H,9-12,16H2,1-3H3,(H,38,39)(H,31,32,33). The number of carbonyl (C=O) groups is 2. The van der Waals surface area contributed by atoms with Gasteiger partial charge >= 0.3 is 12.1 Å². The van der Waals surface area contributed by atoms with Crippen LogP contribution in [0, 0.1) is 11.6 Å². The zero-order chi connectivity index (χ0) is 30.1. The van der Waals surface area contributed by atoms with Gasteiger partial charge in [-0.3, -0.25) is 4.68 Å². The fourth-order valence-corrected chi connectivity index (χ4v) is 4.58. The molecule has 1 amide bonds. The van der Waals surface area contributed by atoms with Gasteiger partial charge in [0, 0.05) is 24.7 Å². The lowest BCUT2D eigenvalue weighted by molar-refractivity contribution is -0.144. The molecular weight excluding hydrogens is 552 g/mol. The molecule has 1 aliphatic heterocycles. The summed E-state index contributed by atoms with van der Waals surface area (Å²) in [5.41, 5.74) is -0.807. The normalized spacial score (nSPS) is 14.9. The number of piperidine rings is 1. The number of hydrogen-bond acceptors (Lipinski definition) is 9. The Balaban J connectivity index is 1.42. The minimum absolute atomic E-state index is 0.00246. The Bertz CT molecular complexity index is 1590. The van der Waals surface area contributed by atoms with Crippen molar-refractivity contribution in [3.05, 3.63) is 66.1 Å². The second-order valence-corrected chi connectivity index (χ2v) is 10.9. The zero-order valence-corrected chi connectivity index (χ0v) is 23.2. The predicted molar refractivity (Wildman–Crippen MR) is 145 cm³/mol. The Morgan fingerprint density at radius 2 is 1.86 bits per heavy atom. The smallest absolute Gasteiger partial charge is 0.410 e. The summed E-state index contributed by atoms with van der Waals surface area (Å²) in [7, 11) is 0. The molecule has 2 N–H and O–H groups in total. The summed E-state index contributed by atoms with van der Waals surface area (Å²) in [6, 6.07) is 9.46. The number of aromatic nitrogens is 5. The van der Waals surface area contributed by atoms with Gasteiger partial charge in [-0.15, -0.1) is 0 Å². The number of halogens is 2. The van der Waals surface area contributed by atoms with Crippen molar-refractivity contribution in [2.45, 2.75) is 51.3 Å². The average molecular weight is 582 g/mol. The van der Waals surface area contributed by atoms with Crippen LogP contribution in [0.15, 0.2) is 53.4 Å². The highest BCUT2D eigenvalue weighted by atomic mass is 19.1. The molecule has 12 nitrogen and oxygen atoms in total. The van der Waals surface area contributed by atoms with E-state index < -0.39 is 34.8 Å². The van der Waals surface area contributed by atoms with E-state index in [0.717, 1.165) is 6.20 Å². The second-order valence-electron chi connectivity index (χ2n) is 10.9. The maximum Gasteiger partial charge on any atom is 0.410 e. The van der Waals surface area contributed by atoms with E-state index in [0.29, 0.717) is 17.0 Å². The molecular formula is C28H29F2N7O5. The third-order valence-electron chi connectivity index (χ3n) is 6.77. The van der Waals surface area contributed by atoms with Gasteiger partial charge in [0.25, 0.3) is 0 Å². The summed E-state index contributed by atoms with van der Waals surface area (Å²) >= 11 is 0. The first-order valence-electron chi connectivity index (χ1n) is 13.2. The SMILES string of the molecule is CC(C)(C)OC(=O)N1CCC(Nc2nc(-c3cc(-c4ccon4)n(Cc4ccccc4F)n3)ncc2F)(C(=O)O)CC1. The lowest BCUT2D eigenvalue weighted by Crippen LogP contribution is -2.56. The number of carboxylic acids is 1. The first kappa shape index (κ1) is 28.6. The van der Waals surface area contributed by atoms with E-state index in [1.165, 1.54) is 21.9 Å². The highest BCUT2D eigenvalue weighted by Crippen LogP contribution is 2.31. The fourth-order valence-electron chi connectivity index (χ4n) is 4.58. The minimum Gasteiger partial charge on any atom is -0.480 e. The molecule has 1 saturated heterocycles. The minimum atomic E-state index is -1.60. The van der Waals surface area contributed by atoms with Crippen LogP contribution in [0.2, 0.25) is 0 Å². The molecule has 42 heavy (non-hydrogen) atoms. The third kappa shape index (κ3) is 6.06. The monoisotopic (exact) mass is 581 g/mol. The summed E-state index contributed by atoms with van der Waals surface area (Å²) in [5.74, 6) is -2.82. The van der Waals surface area contributed by atoms with Gasteiger partial charge in [-0.05, 0) is 45.7 Å². The lowest BCUT2D eigenvalue weighted by atomic mass is 9.87. The summed E-state index contributed by atoms with van der Waals surface area (Å²) in [6.45, 7) is 5.43. The maximum atomic E-state index is 14.9. The van der Waals surface area contributed by atoms with Crippen LogP contribution in [0.5, 0.6) is 0 Å². The first-order chi connectivity index (χ1) is 19.9. The second kappa shape index (κ2) is 11.2.